The average molecular weight is 204 g/mol. The van der Waals surface area contributed by atoms with Crippen molar-refractivity contribution in [3.05, 3.63) is 28.8 Å². The van der Waals surface area contributed by atoms with Gasteiger partial charge in [-0.05, 0) is 30.0 Å². The van der Waals surface area contributed by atoms with Crippen LogP contribution in [0.15, 0.2) is 12.1 Å². The SMILES string of the molecule is CCC1C(=O)Nc2c(C)cc(CN)cc21. The second kappa shape index (κ2) is 3.66. The van der Waals surface area contributed by atoms with Crippen molar-refractivity contribution < 1.29 is 4.79 Å². The van der Waals surface area contributed by atoms with Crippen molar-refractivity contribution in [3.8, 4) is 0 Å². The van der Waals surface area contributed by atoms with Crippen LogP contribution in [-0.2, 0) is 11.3 Å². The van der Waals surface area contributed by atoms with Gasteiger partial charge in [0.15, 0.2) is 0 Å². The lowest BCUT2D eigenvalue weighted by molar-refractivity contribution is -0.117. The zero-order valence-electron chi connectivity index (χ0n) is 9.13. The van der Waals surface area contributed by atoms with Crippen LogP contribution in [-0.4, -0.2) is 5.91 Å². The number of carbonyl (C=O) groups is 1. The van der Waals surface area contributed by atoms with Gasteiger partial charge in [-0.1, -0.05) is 19.1 Å². The fourth-order valence-electron chi connectivity index (χ4n) is 2.21. The van der Waals surface area contributed by atoms with Crippen LogP contribution in [0.1, 0.15) is 36.0 Å². The molecular weight excluding hydrogens is 188 g/mol. The summed E-state index contributed by atoms with van der Waals surface area (Å²) in [5.41, 5.74) is 9.94. The minimum Gasteiger partial charge on any atom is -0.326 e. The molecule has 0 bridgehead atoms. The van der Waals surface area contributed by atoms with Crippen LogP contribution in [0, 0.1) is 6.92 Å². The molecule has 1 aromatic carbocycles. The number of nitrogens with one attached hydrogen (secondary N) is 1. The van der Waals surface area contributed by atoms with Gasteiger partial charge in [-0.25, -0.2) is 0 Å². The Morgan fingerprint density at radius 3 is 2.80 bits per heavy atom. The molecule has 1 unspecified atom stereocenters. The summed E-state index contributed by atoms with van der Waals surface area (Å²) < 4.78 is 0. The number of hydrogen-bond acceptors (Lipinski definition) is 2. The molecular formula is C12H16N2O. The van der Waals surface area contributed by atoms with Gasteiger partial charge in [-0.3, -0.25) is 4.79 Å². The van der Waals surface area contributed by atoms with Gasteiger partial charge in [0.05, 0.1) is 5.92 Å². The fourth-order valence-corrected chi connectivity index (χ4v) is 2.21. The highest BCUT2D eigenvalue weighted by Gasteiger charge is 2.30. The predicted octanol–water partition coefficient (Wildman–Crippen LogP) is 1.90. The van der Waals surface area contributed by atoms with Crippen LogP contribution in [0.25, 0.3) is 0 Å². The number of anilines is 1. The summed E-state index contributed by atoms with van der Waals surface area (Å²) in [6.45, 7) is 4.57. The van der Waals surface area contributed by atoms with Gasteiger partial charge in [0.2, 0.25) is 5.91 Å². The lowest BCUT2D eigenvalue weighted by atomic mass is 9.94. The molecule has 0 aliphatic carbocycles. The van der Waals surface area contributed by atoms with Gasteiger partial charge in [-0.15, -0.1) is 0 Å². The number of fused-ring (bicyclic) bond motifs is 1. The minimum absolute atomic E-state index is 0.00481. The van der Waals surface area contributed by atoms with Crippen molar-refractivity contribution in [2.45, 2.75) is 32.7 Å². The summed E-state index contributed by atoms with van der Waals surface area (Å²) in [5, 5.41) is 2.94. The normalized spacial score (nSPS) is 18.9. The van der Waals surface area contributed by atoms with Gasteiger partial charge >= 0.3 is 0 Å². The first-order chi connectivity index (χ1) is 7.17. The molecule has 3 heteroatoms. The van der Waals surface area contributed by atoms with Crippen molar-refractivity contribution >= 4 is 11.6 Å². The Morgan fingerprint density at radius 2 is 2.20 bits per heavy atom. The Labute approximate surface area is 89.7 Å². The van der Waals surface area contributed by atoms with Crippen molar-refractivity contribution in [2.75, 3.05) is 5.32 Å². The van der Waals surface area contributed by atoms with E-state index < -0.39 is 0 Å². The third kappa shape index (κ3) is 1.53. The van der Waals surface area contributed by atoms with Crippen LogP contribution in [0.3, 0.4) is 0 Å². The molecule has 0 fully saturated rings. The molecule has 0 saturated carbocycles. The van der Waals surface area contributed by atoms with Crippen molar-refractivity contribution in [1.29, 1.82) is 0 Å². The van der Waals surface area contributed by atoms with E-state index in [4.69, 9.17) is 5.73 Å². The van der Waals surface area contributed by atoms with E-state index in [1.807, 2.05) is 19.9 Å². The molecule has 2 rings (SSSR count). The third-order valence-electron chi connectivity index (χ3n) is 3.01. The zero-order chi connectivity index (χ0) is 11.0. The van der Waals surface area contributed by atoms with E-state index in [-0.39, 0.29) is 11.8 Å². The summed E-state index contributed by atoms with van der Waals surface area (Å²) in [7, 11) is 0. The van der Waals surface area contributed by atoms with Crippen LogP contribution in [0.5, 0.6) is 0 Å². The van der Waals surface area contributed by atoms with E-state index >= 15 is 0 Å². The largest absolute Gasteiger partial charge is 0.326 e. The summed E-state index contributed by atoms with van der Waals surface area (Å²) in [5.74, 6) is 0.120. The third-order valence-corrected chi connectivity index (χ3v) is 3.01. The highest BCUT2D eigenvalue weighted by atomic mass is 16.2. The quantitative estimate of drug-likeness (QED) is 0.773. The maximum Gasteiger partial charge on any atom is 0.232 e. The van der Waals surface area contributed by atoms with Crippen LogP contribution in [0.2, 0.25) is 0 Å². The predicted molar refractivity (Wildman–Crippen MR) is 60.7 cm³/mol. The zero-order valence-corrected chi connectivity index (χ0v) is 9.13. The monoisotopic (exact) mass is 204 g/mol. The smallest absolute Gasteiger partial charge is 0.232 e. The molecule has 3 N–H and O–H groups in total. The highest BCUT2D eigenvalue weighted by Crippen LogP contribution is 2.37. The number of hydrogen-bond donors (Lipinski definition) is 2. The molecule has 1 amide bonds. The summed E-state index contributed by atoms with van der Waals surface area (Å²) in [6.07, 6.45) is 0.840. The topological polar surface area (TPSA) is 55.1 Å². The Morgan fingerprint density at radius 1 is 1.47 bits per heavy atom. The molecule has 1 atom stereocenters. The molecule has 0 saturated heterocycles. The summed E-state index contributed by atoms with van der Waals surface area (Å²) >= 11 is 0. The number of nitrogens with two attached hydrogens (primary N) is 1. The molecule has 1 aliphatic heterocycles. The molecule has 0 radical (unpaired) electrons. The minimum atomic E-state index is 0.00481. The number of rotatable bonds is 2. The number of benzene rings is 1. The maximum absolute atomic E-state index is 11.7. The molecule has 1 aliphatic rings. The van der Waals surface area contributed by atoms with Crippen LogP contribution in [0.4, 0.5) is 5.69 Å². The van der Waals surface area contributed by atoms with Gasteiger partial charge in [0.25, 0.3) is 0 Å². The van der Waals surface area contributed by atoms with E-state index in [1.165, 1.54) is 0 Å². The van der Waals surface area contributed by atoms with Crippen LogP contribution >= 0.6 is 0 Å². The second-order valence-electron chi connectivity index (χ2n) is 4.03. The van der Waals surface area contributed by atoms with Crippen molar-refractivity contribution in [2.24, 2.45) is 5.73 Å². The molecule has 0 spiro atoms. The highest BCUT2D eigenvalue weighted by molar-refractivity contribution is 6.03. The summed E-state index contributed by atoms with van der Waals surface area (Å²) in [4.78, 5) is 11.7. The standard InChI is InChI=1S/C12H16N2O/c1-3-9-10-5-8(6-13)4-7(2)11(10)14-12(9)15/h4-5,9H,3,6,13H2,1-2H3,(H,14,15). The molecule has 0 aromatic heterocycles. The molecule has 3 nitrogen and oxygen atoms in total. The van der Waals surface area contributed by atoms with E-state index in [0.717, 1.165) is 28.8 Å². The van der Waals surface area contributed by atoms with Crippen molar-refractivity contribution in [1.82, 2.24) is 0 Å². The number of carbonyl (C=O) groups excluding carboxylic acids is 1. The molecule has 1 aromatic rings. The van der Waals surface area contributed by atoms with Gasteiger partial charge in [0, 0.05) is 12.2 Å². The molecule has 15 heavy (non-hydrogen) atoms. The van der Waals surface area contributed by atoms with E-state index in [2.05, 4.69) is 11.4 Å². The number of amides is 1. The number of aryl methyl sites for hydroxylation is 1. The molecule has 1 heterocycles. The Balaban J connectivity index is 2.54. The van der Waals surface area contributed by atoms with Gasteiger partial charge in [0.1, 0.15) is 0 Å². The first kappa shape index (κ1) is 10.2. The van der Waals surface area contributed by atoms with Gasteiger partial charge in [-0.2, -0.15) is 0 Å². The first-order valence-electron chi connectivity index (χ1n) is 5.31. The Kier molecular flexibility index (Phi) is 2.49. The lowest BCUT2D eigenvalue weighted by Gasteiger charge is -2.08. The summed E-state index contributed by atoms with van der Waals surface area (Å²) in [6, 6.07) is 4.09. The Hall–Kier alpha value is -1.35. The van der Waals surface area contributed by atoms with E-state index in [1.54, 1.807) is 0 Å². The van der Waals surface area contributed by atoms with Gasteiger partial charge < -0.3 is 11.1 Å². The van der Waals surface area contributed by atoms with Crippen LogP contribution < -0.4 is 11.1 Å². The van der Waals surface area contributed by atoms with E-state index in [0.29, 0.717) is 6.54 Å². The molecule has 80 valence electrons. The fraction of sp³-hybridized carbons (Fsp3) is 0.417. The van der Waals surface area contributed by atoms with Crippen molar-refractivity contribution in [3.63, 3.8) is 0 Å². The average Bonchev–Trinajstić information content (AvgIpc) is 2.54. The first-order valence-corrected chi connectivity index (χ1v) is 5.31. The Bertz CT molecular complexity index is 412. The lowest BCUT2D eigenvalue weighted by Crippen LogP contribution is -2.10. The maximum atomic E-state index is 11.7. The second-order valence-corrected chi connectivity index (χ2v) is 4.03. The van der Waals surface area contributed by atoms with E-state index in [9.17, 15) is 4.79 Å².